The fraction of sp³-hybridized carbons (Fsp3) is 0.250. The first kappa shape index (κ1) is 16.1. The van der Waals surface area contributed by atoms with E-state index in [9.17, 15) is 8.42 Å². The van der Waals surface area contributed by atoms with E-state index < -0.39 is 9.84 Å². The molecule has 2 N–H and O–H groups in total. The molecule has 112 valence electrons. The van der Waals surface area contributed by atoms with Gasteiger partial charge in [0.15, 0.2) is 9.84 Å². The van der Waals surface area contributed by atoms with Crippen molar-refractivity contribution in [2.75, 3.05) is 12.8 Å². The van der Waals surface area contributed by atoms with Gasteiger partial charge in [-0.1, -0.05) is 29.8 Å². The van der Waals surface area contributed by atoms with Crippen LogP contribution in [0.25, 0.3) is 0 Å². The van der Waals surface area contributed by atoms with Gasteiger partial charge in [-0.2, -0.15) is 0 Å². The average molecular weight is 321 g/mol. The predicted molar refractivity (Wildman–Crippen MR) is 88.4 cm³/mol. The Morgan fingerprint density at radius 3 is 2.10 bits per heavy atom. The molecule has 0 aliphatic carbocycles. The number of hydrogen-bond acceptors (Lipinski definition) is 4. The molecule has 0 radical (unpaired) electrons. The topological polar surface area (TPSA) is 60.2 Å². The molecule has 0 amide bonds. The first-order valence-electron chi connectivity index (χ1n) is 6.63. The Labute approximate surface area is 130 Å². The zero-order valence-corrected chi connectivity index (χ0v) is 13.7. The van der Waals surface area contributed by atoms with Crippen LogP contribution in [0.5, 0.6) is 0 Å². The Hall–Kier alpha value is -1.30. The van der Waals surface area contributed by atoms with Gasteiger partial charge in [-0.25, -0.2) is 8.42 Å². The minimum atomic E-state index is -3.14. The number of nitrogens with two attached hydrogens (primary N) is 1. The van der Waals surface area contributed by atoms with Crippen LogP contribution in [-0.2, 0) is 9.84 Å². The van der Waals surface area contributed by atoms with Crippen LogP contribution in [0.4, 0.5) is 0 Å². The minimum Gasteiger partial charge on any atom is -0.329 e. The molecule has 0 spiro atoms. The van der Waals surface area contributed by atoms with Crippen molar-refractivity contribution in [2.24, 2.45) is 5.73 Å². The van der Waals surface area contributed by atoms with E-state index in [1.165, 1.54) is 17.4 Å². The van der Waals surface area contributed by atoms with Gasteiger partial charge >= 0.3 is 0 Å². The van der Waals surface area contributed by atoms with Crippen molar-refractivity contribution in [1.29, 1.82) is 0 Å². The molecule has 0 bridgehead atoms. The van der Waals surface area contributed by atoms with Crippen LogP contribution in [0, 0.1) is 6.92 Å². The summed E-state index contributed by atoms with van der Waals surface area (Å²) in [5.41, 5.74) is 8.27. The highest BCUT2D eigenvalue weighted by Crippen LogP contribution is 2.34. The zero-order valence-electron chi connectivity index (χ0n) is 12.1. The maximum atomic E-state index is 11.4. The van der Waals surface area contributed by atoms with E-state index in [1.807, 2.05) is 12.1 Å². The molecular weight excluding hydrogens is 302 g/mol. The van der Waals surface area contributed by atoms with E-state index in [-0.39, 0.29) is 5.25 Å². The van der Waals surface area contributed by atoms with Crippen molar-refractivity contribution >= 4 is 21.6 Å². The van der Waals surface area contributed by atoms with Crippen LogP contribution >= 0.6 is 11.8 Å². The van der Waals surface area contributed by atoms with Crippen LogP contribution in [0.1, 0.15) is 16.4 Å². The predicted octanol–water partition coefficient (Wildman–Crippen LogP) is 3.19. The van der Waals surface area contributed by atoms with Crippen molar-refractivity contribution in [3.05, 3.63) is 59.7 Å². The van der Waals surface area contributed by atoms with Crippen molar-refractivity contribution in [1.82, 2.24) is 0 Å². The molecule has 2 aromatic carbocycles. The van der Waals surface area contributed by atoms with Gasteiger partial charge in [-0.3, -0.25) is 0 Å². The Morgan fingerprint density at radius 1 is 1.05 bits per heavy atom. The number of thioether (sulfide) groups is 1. The lowest BCUT2D eigenvalue weighted by molar-refractivity contribution is 0.602. The van der Waals surface area contributed by atoms with Crippen LogP contribution in [0.15, 0.2) is 58.3 Å². The molecule has 1 unspecified atom stereocenters. The molecule has 2 rings (SSSR count). The largest absolute Gasteiger partial charge is 0.329 e. The van der Waals surface area contributed by atoms with Crippen molar-refractivity contribution in [3.63, 3.8) is 0 Å². The molecule has 3 nitrogen and oxygen atoms in total. The first-order valence-corrected chi connectivity index (χ1v) is 9.40. The SMILES string of the molecule is Cc1ccc(C(CN)Sc2ccc(S(C)(=O)=O)cc2)cc1. The second-order valence-electron chi connectivity index (χ2n) is 5.00. The van der Waals surface area contributed by atoms with E-state index in [4.69, 9.17) is 5.73 Å². The fourth-order valence-electron chi connectivity index (χ4n) is 1.96. The third kappa shape index (κ3) is 4.33. The third-order valence-electron chi connectivity index (χ3n) is 3.19. The molecule has 0 saturated carbocycles. The molecule has 0 saturated heterocycles. The maximum absolute atomic E-state index is 11.4. The van der Waals surface area contributed by atoms with Gasteiger partial charge in [0.1, 0.15) is 0 Å². The summed E-state index contributed by atoms with van der Waals surface area (Å²) in [5, 5.41) is 0.162. The van der Waals surface area contributed by atoms with E-state index in [1.54, 1.807) is 23.9 Å². The number of hydrogen-bond donors (Lipinski definition) is 1. The summed E-state index contributed by atoms with van der Waals surface area (Å²) in [4.78, 5) is 1.35. The zero-order chi connectivity index (χ0) is 15.5. The summed E-state index contributed by atoms with van der Waals surface area (Å²) in [5.74, 6) is 0. The number of sulfone groups is 1. The van der Waals surface area contributed by atoms with Crippen LogP contribution < -0.4 is 5.73 Å². The molecule has 1 atom stereocenters. The highest BCUT2D eigenvalue weighted by atomic mass is 32.2. The lowest BCUT2D eigenvalue weighted by Crippen LogP contribution is -2.09. The highest BCUT2D eigenvalue weighted by molar-refractivity contribution is 7.99. The second-order valence-corrected chi connectivity index (χ2v) is 8.29. The Balaban J connectivity index is 2.17. The van der Waals surface area contributed by atoms with Gasteiger partial charge in [0, 0.05) is 22.9 Å². The van der Waals surface area contributed by atoms with Gasteiger partial charge in [0.2, 0.25) is 0 Å². The smallest absolute Gasteiger partial charge is 0.175 e. The normalized spacial score (nSPS) is 13.1. The lowest BCUT2D eigenvalue weighted by atomic mass is 10.1. The van der Waals surface area contributed by atoms with Crippen LogP contribution in [0.3, 0.4) is 0 Å². The highest BCUT2D eigenvalue weighted by Gasteiger charge is 2.12. The van der Waals surface area contributed by atoms with Gasteiger partial charge < -0.3 is 5.73 Å². The van der Waals surface area contributed by atoms with Gasteiger partial charge in [-0.05, 0) is 36.8 Å². The minimum absolute atomic E-state index is 0.162. The monoisotopic (exact) mass is 321 g/mol. The van der Waals surface area contributed by atoms with Gasteiger partial charge in [0.25, 0.3) is 0 Å². The van der Waals surface area contributed by atoms with Crippen molar-refractivity contribution < 1.29 is 8.42 Å². The summed E-state index contributed by atoms with van der Waals surface area (Å²) < 4.78 is 22.9. The lowest BCUT2D eigenvalue weighted by Gasteiger charge is -2.15. The van der Waals surface area contributed by atoms with Gasteiger partial charge in [-0.15, -0.1) is 11.8 Å². The number of rotatable bonds is 5. The molecule has 0 aliphatic rings. The molecule has 0 aliphatic heterocycles. The molecule has 0 aromatic heterocycles. The Morgan fingerprint density at radius 2 is 1.62 bits per heavy atom. The van der Waals surface area contributed by atoms with Crippen LogP contribution in [0.2, 0.25) is 0 Å². The van der Waals surface area contributed by atoms with E-state index in [0.29, 0.717) is 11.4 Å². The third-order valence-corrected chi connectivity index (χ3v) is 5.62. The van der Waals surface area contributed by atoms with E-state index in [2.05, 4.69) is 31.2 Å². The number of aryl methyl sites for hydroxylation is 1. The van der Waals surface area contributed by atoms with Gasteiger partial charge in [0.05, 0.1) is 4.90 Å². The quantitative estimate of drug-likeness (QED) is 0.859. The molecule has 0 fully saturated rings. The standard InChI is InChI=1S/C16H19NO2S2/c1-12-3-5-13(6-4-12)16(11-17)20-14-7-9-15(10-8-14)21(2,18)19/h3-10,16H,11,17H2,1-2H3. The van der Waals surface area contributed by atoms with Crippen molar-refractivity contribution in [2.45, 2.75) is 22.0 Å². The summed E-state index contributed by atoms with van der Waals surface area (Å²) in [6.07, 6.45) is 1.21. The molecule has 2 aromatic rings. The Bertz CT molecular complexity index is 692. The Kier molecular flexibility index (Phi) is 5.08. The molecule has 5 heteroatoms. The van der Waals surface area contributed by atoms with Crippen LogP contribution in [-0.4, -0.2) is 21.2 Å². The van der Waals surface area contributed by atoms with Crippen molar-refractivity contribution in [3.8, 4) is 0 Å². The first-order chi connectivity index (χ1) is 9.90. The number of benzene rings is 2. The van der Waals surface area contributed by atoms with E-state index >= 15 is 0 Å². The fourth-order valence-corrected chi connectivity index (χ4v) is 3.60. The summed E-state index contributed by atoms with van der Waals surface area (Å²) in [7, 11) is -3.14. The summed E-state index contributed by atoms with van der Waals surface area (Å²) in [6, 6.07) is 15.3. The summed E-state index contributed by atoms with van der Waals surface area (Å²) >= 11 is 1.65. The second kappa shape index (κ2) is 6.64. The molecular formula is C16H19NO2S2. The van der Waals surface area contributed by atoms with E-state index in [0.717, 1.165) is 4.90 Å². The maximum Gasteiger partial charge on any atom is 0.175 e. The molecule has 21 heavy (non-hydrogen) atoms. The average Bonchev–Trinajstić information content (AvgIpc) is 2.45. The summed E-state index contributed by atoms with van der Waals surface area (Å²) in [6.45, 7) is 2.58. The molecule has 0 heterocycles.